The molecule has 0 bridgehead atoms. The van der Waals surface area contributed by atoms with Crippen molar-refractivity contribution in [1.29, 1.82) is 0 Å². The minimum absolute atomic E-state index is 0.0247. The zero-order valence-electron chi connectivity index (χ0n) is 11.8. The summed E-state index contributed by atoms with van der Waals surface area (Å²) in [5, 5.41) is 13.6. The third-order valence-electron chi connectivity index (χ3n) is 3.78. The maximum Gasteiger partial charge on any atom is 0.126 e. The summed E-state index contributed by atoms with van der Waals surface area (Å²) < 4.78 is 6.11. The molecule has 0 aliphatic carbocycles. The standard InChI is InChI=1S/C17H18ClNO2/c1-2-19-15-10-17(11-3-6-13(20)7-4-11)21-16-8-5-12(18)9-14(15)16/h3-9,15,17,19-20H,2,10H2,1H3. The molecule has 21 heavy (non-hydrogen) atoms. The average Bonchev–Trinajstić information content (AvgIpc) is 2.48. The quantitative estimate of drug-likeness (QED) is 0.892. The van der Waals surface area contributed by atoms with E-state index in [2.05, 4.69) is 12.2 Å². The van der Waals surface area contributed by atoms with Crippen LogP contribution in [0.15, 0.2) is 42.5 Å². The summed E-state index contributed by atoms with van der Waals surface area (Å²) in [6, 6.07) is 13.2. The van der Waals surface area contributed by atoms with Crippen molar-refractivity contribution in [1.82, 2.24) is 5.32 Å². The number of aromatic hydroxyl groups is 1. The first-order valence-corrected chi connectivity index (χ1v) is 7.53. The zero-order chi connectivity index (χ0) is 14.8. The highest BCUT2D eigenvalue weighted by Crippen LogP contribution is 2.41. The number of nitrogens with one attached hydrogen (secondary N) is 1. The van der Waals surface area contributed by atoms with Crippen LogP contribution in [0.2, 0.25) is 5.02 Å². The summed E-state index contributed by atoms with van der Waals surface area (Å²) in [6.07, 6.45) is 0.815. The Morgan fingerprint density at radius 2 is 2.00 bits per heavy atom. The van der Waals surface area contributed by atoms with Gasteiger partial charge in [-0.3, -0.25) is 0 Å². The van der Waals surface area contributed by atoms with E-state index in [1.807, 2.05) is 30.3 Å². The van der Waals surface area contributed by atoms with Crippen LogP contribution < -0.4 is 10.1 Å². The van der Waals surface area contributed by atoms with Gasteiger partial charge in [-0.1, -0.05) is 30.7 Å². The van der Waals surface area contributed by atoms with E-state index < -0.39 is 0 Å². The second kappa shape index (κ2) is 5.96. The Morgan fingerprint density at radius 1 is 1.24 bits per heavy atom. The van der Waals surface area contributed by atoms with Crippen molar-refractivity contribution >= 4 is 11.6 Å². The predicted octanol–water partition coefficient (Wildman–Crippen LogP) is 4.22. The topological polar surface area (TPSA) is 41.5 Å². The minimum atomic E-state index is -0.0247. The van der Waals surface area contributed by atoms with Crippen molar-refractivity contribution in [3.8, 4) is 11.5 Å². The lowest BCUT2D eigenvalue weighted by Crippen LogP contribution is -2.29. The van der Waals surface area contributed by atoms with Gasteiger partial charge in [0.05, 0.1) is 0 Å². The molecular formula is C17H18ClNO2. The van der Waals surface area contributed by atoms with Gasteiger partial charge < -0.3 is 15.2 Å². The Bertz CT molecular complexity index is 627. The van der Waals surface area contributed by atoms with Crippen molar-refractivity contribution in [3.63, 3.8) is 0 Å². The fraction of sp³-hybridized carbons (Fsp3) is 0.294. The summed E-state index contributed by atoms with van der Waals surface area (Å²) >= 11 is 6.10. The molecule has 0 radical (unpaired) electrons. The number of phenols is 1. The summed E-state index contributed by atoms with van der Waals surface area (Å²) in [6.45, 7) is 2.98. The third-order valence-corrected chi connectivity index (χ3v) is 4.02. The van der Waals surface area contributed by atoms with Crippen LogP contribution in [0.3, 0.4) is 0 Å². The highest BCUT2D eigenvalue weighted by atomic mass is 35.5. The first kappa shape index (κ1) is 14.2. The summed E-state index contributed by atoms with van der Waals surface area (Å²) in [7, 11) is 0. The number of benzene rings is 2. The van der Waals surface area contributed by atoms with Crippen molar-refractivity contribution in [2.75, 3.05) is 6.54 Å². The van der Waals surface area contributed by atoms with Crippen LogP contribution in [0.5, 0.6) is 11.5 Å². The van der Waals surface area contributed by atoms with E-state index in [0.29, 0.717) is 0 Å². The van der Waals surface area contributed by atoms with Gasteiger partial charge in [0, 0.05) is 23.0 Å². The lowest BCUT2D eigenvalue weighted by atomic mass is 9.93. The highest BCUT2D eigenvalue weighted by Gasteiger charge is 2.29. The van der Waals surface area contributed by atoms with Gasteiger partial charge in [0.25, 0.3) is 0 Å². The molecular weight excluding hydrogens is 286 g/mol. The molecule has 0 saturated carbocycles. The number of rotatable bonds is 3. The average molecular weight is 304 g/mol. The van der Waals surface area contributed by atoms with Gasteiger partial charge in [0.15, 0.2) is 0 Å². The van der Waals surface area contributed by atoms with Gasteiger partial charge >= 0.3 is 0 Å². The lowest BCUT2D eigenvalue weighted by Gasteiger charge is -2.33. The van der Waals surface area contributed by atoms with Gasteiger partial charge in [-0.2, -0.15) is 0 Å². The molecule has 2 atom stereocenters. The molecule has 110 valence electrons. The molecule has 2 unspecified atom stereocenters. The Kier molecular flexibility index (Phi) is 4.04. The van der Waals surface area contributed by atoms with E-state index in [9.17, 15) is 5.11 Å². The van der Waals surface area contributed by atoms with E-state index in [4.69, 9.17) is 16.3 Å². The minimum Gasteiger partial charge on any atom is -0.508 e. The van der Waals surface area contributed by atoms with E-state index in [1.54, 1.807) is 12.1 Å². The fourth-order valence-corrected chi connectivity index (χ4v) is 2.95. The SMILES string of the molecule is CCNC1CC(c2ccc(O)cc2)Oc2ccc(Cl)cc21. The molecule has 0 spiro atoms. The second-order valence-corrected chi connectivity index (χ2v) is 5.66. The molecule has 1 aliphatic heterocycles. The fourth-order valence-electron chi connectivity index (χ4n) is 2.77. The number of halogens is 1. The Hall–Kier alpha value is -1.71. The van der Waals surface area contributed by atoms with E-state index >= 15 is 0 Å². The van der Waals surface area contributed by atoms with Crippen molar-refractivity contribution in [2.45, 2.75) is 25.5 Å². The van der Waals surface area contributed by atoms with E-state index in [0.717, 1.165) is 34.9 Å². The molecule has 2 N–H and O–H groups in total. The smallest absolute Gasteiger partial charge is 0.126 e. The van der Waals surface area contributed by atoms with Crippen molar-refractivity contribution in [3.05, 3.63) is 58.6 Å². The van der Waals surface area contributed by atoms with Crippen molar-refractivity contribution in [2.24, 2.45) is 0 Å². The monoisotopic (exact) mass is 303 g/mol. The van der Waals surface area contributed by atoms with Crippen molar-refractivity contribution < 1.29 is 9.84 Å². The van der Waals surface area contributed by atoms with Crippen LogP contribution in [0, 0.1) is 0 Å². The molecule has 0 saturated heterocycles. The van der Waals surface area contributed by atoms with Crippen LogP contribution in [0.25, 0.3) is 0 Å². The molecule has 0 amide bonds. The van der Waals surface area contributed by atoms with E-state index in [-0.39, 0.29) is 17.9 Å². The number of fused-ring (bicyclic) bond motifs is 1. The van der Waals surface area contributed by atoms with Gasteiger partial charge in [-0.05, 0) is 42.4 Å². The molecule has 4 heteroatoms. The van der Waals surface area contributed by atoms with Gasteiger partial charge in [-0.15, -0.1) is 0 Å². The molecule has 1 heterocycles. The van der Waals surface area contributed by atoms with Gasteiger partial charge in [0.2, 0.25) is 0 Å². The van der Waals surface area contributed by atoms with Crippen LogP contribution in [-0.4, -0.2) is 11.7 Å². The summed E-state index contributed by atoms with van der Waals surface area (Å²) in [4.78, 5) is 0. The van der Waals surface area contributed by atoms with Crippen LogP contribution >= 0.6 is 11.6 Å². The Morgan fingerprint density at radius 3 is 2.71 bits per heavy atom. The molecule has 1 aliphatic rings. The highest BCUT2D eigenvalue weighted by molar-refractivity contribution is 6.30. The number of phenolic OH excluding ortho intramolecular Hbond substituents is 1. The maximum atomic E-state index is 9.41. The second-order valence-electron chi connectivity index (χ2n) is 5.23. The molecule has 2 aromatic rings. The summed E-state index contributed by atoms with van der Waals surface area (Å²) in [5.41, 5.74) is 2.18. The zero-order valence-corrected chi connectivity index (χ0v) is 12.6. The summed E-state index contributed by atoms with van der Waals surface area (Å²) in [5.74, 6) is 1.14. The molecule has 3 rings (SSSR count). The largest absolute Gasteiger partial charge is 0.508 e. The Balaban J connectivity index is 1.93. The lowest BCUT2D eigenvalue weighted by molar-refractivity contribution is 0.152. The van der Waals surface area contributed by atoms with Crippen LogP contribution in [-0.2, 0) is 0 Å². The van der Waals surface area contributed by atoms with Gasteiger partial charge in [-0.25, -0.2) is 0 Å². The van der Waals surface area contributed by atoms with E-state index in [1.165, 1.54) is 0 Å². The first-order chi connectivity index (χ1) is 10.2. The molecule has 2 aromatic carbocycles. The van der Waals surface area contributed by atoms with Crippen LogP contribution in [0.1, 0.15) is 36.6 Å². The number of hydrogen-bond acceptors (Lipinski definition) is 3. The number of ether oxygens (including phenoxy) is 1. The maximum absolute atomic E-state index is 9.41. The van der Waals surface area contributed by atoms with Gasteiger partial charge in [0.1, 0.15) is 17.6 Å². The molecule has 0 aromatic heterocycles. The Labute approximate surface area is 129 Å². The predicted molar refractivity (Wildman–Crippen MR) is 84.0 cm³/mol. The number of hydrogen-bond donors (Lipinski definition) is 2. The normalized spacial score (nSPS) is 20.7. The van der Waals surface area contributed by atoms with Crippen LogP contribution in [0.4, 0.5) is 0 Å². The third kappa shape index (κ3) is 2.99. The molecule has 3 nitrogen and oxygen atoms in total. The first-order valence-electron chi connectivity index (χ1n) is 7.15. The molecule has 0 fully saturated rings.